The molecule has 2 aromatic heterocycles. The fourth-order valence-electron chi connectivity index (χ4n) is 4.57. The third kappa shape index (κ3) is 5.46. The van der Waals surface area contributed by atoms with E-state index < -0.39 is 11.9 Å². The number of carbonyl (C=O) groups is 1. The number of nitrogens with zero attached hydrogens (tertiary/aromatic N) is 4. The standard InChI is InChI=1S/C28H32FN5O3/c1-17(2)24(33(14-6-13-30)27(35)21-11-9-18(3)10-12-21)25-31-26-23(19(4)32-37-26)28(36)34(25)16-20-7-5-8-22(29)15-20/h5,7-12,15,17,24H,6,13-14,16,30H2,1-4H3/t24-/m0/s1. The summed E-state index contributed by atoms with van der Waals surface area (Å²) < 4.78 is 20.9. The molecule has 0 unspecified atom stereocenters. The first-order chi connectivity index (χ1) is 17.7. The highest BCUT2D eigenvalue weighted by Crippen LogP contribution is 2.30. The van der Waals surface area contributed by atoms with Crippen molar-refractivity contribution >= 4 is 17.0 Å². The number of carbonyl (C=O) groups excluding carboxylic acids is 1. The van der Waals surface area contributed by atoms with Crippen LogP contribution < -0.4 is 11.3 Å². The molecule has 4 rings (SSSR count). The van der Waals surface area contributed by atoms with Crippen molar-refractivity contribution in [2.45, 2.75) is 46.7 Å². The Hall–Kier alpha value is -3.85. The van der Waals surface area contributed by atoms with Gasteiger partial charge in [-0.3, -0.25) is 14.2 Å². The van der Waals surface area contributed by atoms with Crippen molar-refractivity contribution in [3.8, 4) is 0 Å². The van der Waals surface area contributed by atoms with Crippen molar-refractivity contribution in [1.29, 1.82) is 0 Å². The van der Waals surface area contributed by atoms with Crippen LogP contribution in [0.25, 0.3) is 11.1 Å². The van der Waals surface area contributed by atoms with Gasteiger partial charge in [0.1, 0.15) is 17.0 Å². The van der Waals surface area contributed by atoms with Crippen molar-refractivity contribution < 1.29 is 13.7 Å². The molecule has 0 bridgehead atoms. The Morgan fingerprint density at radius 1 is 1.16 bits per heavy atom. The van der Waals surface area contributed by atoms with Crippen LogP contribution in [0, 0.1) is 25.6 Å². The summed E-state index contributed by atoms with van der Waals surface area (Å²) in [4.78, 5) is 34.1. The molecular weight excluding hydrogens is 473 g/mol. The van der Waals surface area contributed by atoms with Gasteiger partial charge in [-0.1, -0.05) is 48.8 Å². The van der Waals surface area contributed by atoms with E-state index >= 15 is 0 Å². The molecule has 2 N–H and O–H groups in total. The smallest absolute Gasteiger partial charge is 0.267 e. The molecule has 4 aromatic rings. The van der Waals surface area contributed by atoms with Crippen LogP contribution in [-0.4, -0.2) is 38.6 Å². The van der Waals surface area contributed by atoms with E-state index in [-0.39, 0.29) is 35.0 Å². The molecule has 0 aliphatic carbocycles. The molecular formula is C28H32FN5O3. The van der Waals surface area contributed by atoms with Gasteiger partial charge in [0.05, 0.1) is 18.3 Å². The molecule has 9 heteroatoms. The van der Waals surface area contributed by atoms with E-state index in [4.69, 9.17) is 15.2 Å². The summed E-state index contributed by atoms with van der Waals surface area (Å²) in [5, 5.41) is 4.21. The summed E-state index contributed by atoms with van der Waals surface area (Å²) >= 11 is 0. The van der Waals surface area contributed by atoms with Crippen molar-refractivity contribution in [3.05, 3.63) is 92.9 Å². The van der Waals surface area contributed by atoms with Crippen LogP contribution in [0.3, 0.4) is 0 Å². The third-order valence-electron chi connectivity index (χ3n) is 6.42. The summed E-state index contributed by atoms with van der Waals surface area (Å²) in [6.45, 7) is 8.42. The van der Waals surface area contributed by atoms with Gasteiger partial charge in [-0.05, 0) is 62.6 Å². The Balaban J connectivity index is 1.91. The minimum Gasteiger partial charge on any atom is -0.335 e. The minimum absolute atomic E-state index is 0.0756. The number of aromatic nitrogens is 3. The number of nitrogens with two attached hydrogens (primary N) is 1. The summed E-state index contributed by atoms with van der Waals surface area (Å²) in [7, 11) is 0. The van der Waals surface area contributed by atoms with Crippen LogP contribution in [0.2, 0.25) is 0 Å². The number of aryl methyl sites for hydroxylation is 2. The average molecular weight is 506 g/mol. The van der Waals surface area contributed by atoms with Gasteiger partial charge in [0, 0.05) is 12.1 Å². The average Bonchev–Trinajstić information content (AvgIpc) is 3.24. The van der Waals surface area contributed by atoms with E-state index in [1.807, 2.05) is 32.9 Å². The van der Waals surface area contributed by atoms with Crippen LogP contribution in [0.4, 0.5) is 4.39 Å². The van der Waals surface area contributed by atoms with Gasteiger partial charge in [-0.15, -0.1) is 0 Å². The molecule has 1 atom stereocenters. The lowest BCUT2D eigenvalue weighted by Gasteiger charge is -2.35. The second-order valence-electron chi connectivity index (χ2n) is 9.64. The maximum Gasteiger partial charge on any atom is 0.267 e. The summed E-state index contributed by atoms with van der Waals surface area (Å²) in [6, 6.07) is 12.9. The Labute approximate surface area is 214 Å². The van der Waals surface area contributed by atoms with E-state index in [0.717, 1.165) is 5.56 Å². The SMILES string of the molecule is Cc1ccc(C(=O)N(CCCN)[C@H](c2nc3onc(C)c3c(=O)n2Cc2cccc(F)c2)C(C)C)cc1. The topological polar surface area (TPSA) is 107 Å². The number of hydrogen-bond acceptors (Lipinski definition) is 6. The molecule has 2 heterocycles. The van der Waals surface area contributed by atoms with Gasteiger partial charge >= 0.3 is 0 Å². The Morgan fingerprint density at radius 3 is 2.54 bits per heavy atom. The number of hydrogen-bond donors (Lipinski definition) is 1. The number of rotatable bonds is 9. The highest BCUT2D eigenvalue weighted by atomic mass is 19.1. The van der Waals surface area contributed by atoms with Gasteiger partial charge in [0.25, 0.3) is 17.2 Å². The molecule has 0 radical (unpaired) electrons. The van der Waals surface area contributed by atoms with Crippen molar-refractivity contribution in [1.82, 2.24) is 19.6 Å². The second-order valence-corrected chi connectivity index (χ2v) is 9.64. The maximum absolute atomic E-state index is 14.0. The van der Waals surface area contributed by atoms with E-state index in [2.05, 4.69) is 5.16 Å². The van der Waals surface area contributed by atoms with Crippen LogP contribution in [0.5, 0.6) is 0 Å². The summed E-state index contributed by atoms with van der Waals surface area (Å²) in [6.07, 6.45) is 0.568. The summed E-state index contributed by atoms with van der Waals surface area (Å²) in [5.74, 6) is -0.362. The van der Waals surface area contributed by atoms with E-state index in [1.54, 1.807) is 36.1 Å². The zero-order valence-electron chi connectivity index (χ0n) is 21.6. The molecule has 2 aromatic carbocycles. The van der Waals surface area contributed by atoms with Gasteiger partial charge in [-0.2, -0.15) is 4.98 Å². The molecule has 0 aliphatic heterocycles. The lowest BCUT2D eigenvalue weighted by atomic mass is 9.98. The quantitative estimate of drug-likeness (QED) is 0.362. The van der Waals surface area contributed by atoms with E-state index in [1.165, 1.54) is 16.7 Å². The Bertz CT molecular complexity index is 1460. The molecule has 37 heavy (non-hydrogen) atoms. The number of amides is 1. The minimum atomic E-state index is -0.587. The van der Waals surface area contributed by atoms with Crippen LogP contribution in [0.1, 0.15) is 59.3 Å². The predicted octanol–water partition coefficient (Wildman–Crippen LogP) is 4.38. The van der Waals surface area contributed by atoms with Crippen LogP contribution in [-0.2, 0) is 6.54 Å². The lowest BCUT2D eigenvalue weighted by molar-refractivity contribution is 0.0602. The molecule has 0 saturated heterocycles. The van der Waals surface area contributed by atoms with Crippen molar-refractivity contribution in [2.75, 3.05) is 13.1 Å². The fourth-order valence-corrected chi connectivity index (χ4v) is 4.57. The van der Waals surface area contributed by atoms with E-state index in [9.17, 15) is 14.0 Å². The van der Waals surface area contributed by atoms with Gasteiger partial charge in [0.15, 0.2) is 0 Å². The second kappa shape index (κ2) is 11.0. The fraction of sp³-hybridized carbons (Fsp3) is 0.357. The molecule has 0 fully saturated rings. The van der Waals surface area contributed by atoms with Crippen LogP contribution in [0.15, 0.2) is 57.8 Å². The van der Waals surface area contributed by atoms with Gasteiger partial charge < -0.3 is 15.2 Å². The molecule has 8 nitrogen and oxygen atoms in total. The monoisotopic (exact) mass is 505 g/mol. The predicted molar refractivity (Wildman–Crippen MR) is 140 cm³/mol. The zero-order valence-corrected chi connectivity index (χ0v) is 21.6. The normalized spacial score (nSPS) is 12.3. The molecule has 0 saturated carbocycles. The van der Waals surface area contributed by atoms with Crippen molar-refractivity contribution in [2.24, 2.45) is 11.7 Å². The first-order valence-corrected chi connectivity index (χ1v) is 12.4. The zero-order chi connectivity index (χ0) is 26.7. The van der Waals surface area contributed by atoms with Crippen molar-refractivity contribution in [3.63, 3.8) is 0 Å². The Morgan fingerprint density at radius 2 is 1.89 bits per heavy atom. The molecule has 1 amide bonds. The third-order valence-corrected chi connectivity index (χ3v) is 6.42. The molecule has 0 spiro atoms. The Kier molecular flexibility index (Phi) is 7.83. The van der Waals surface area contributed by atoms with Gasteiger partial charge in [0.2, 0.25) is 0 Å². The highest BCUT2D eigenvalue weighted by Gasteiger charge is 2.33. The van der Waals surface area contributed by atoms with Gasteiger partial charge in [-0.25, -0.2) is 4.39 Å². The molecule has 194 valence electrons. The lowest BCUT2D eigenvalue weighted by Crippen LogP contribution is -2.42. The van der Waals surface area contributed by atoms with Crippen LogP contribution >= 0.6 is 0 Å². The number of fused-ring (bicyclic) bond motifs is 1. The maximum atomic E-state index is 14.0. The first kappa shape index (κ1) is 26.2. The van der Waals surface area contributed by atoms with E-state index in [0.29, 0.717) is 42.2 Å². The number of halogens is 1. The first-order valence-electron chi connectivity index (χ1n) is 12.4. The highest BCUT2D eigenvalue weighted by molar-refractivity contribution is 5.94. The largest absolute Gasteiger partial charge is 0.335 e. The molecule has 0 aliphatic rings. The summed E-state index contributed by atoms with van der Waals surface area (Å²) in [5.41, 5.74) is 8.18. The number of benzene rings is 2.